The highest BCUT2D eigenvalue weighted by Crippen LogP contribution is 2.18. The minimum atomic E-state index is -1.01. The minimum Gasteiger partial charge on any atom is -0.388 e. The van der Waals surface area contributed by atoms with Crippen molar-refractivity contribution in [3.8, 4) is 0 Å². The maximum atomic E-state index is 13.1. The molecule has 21 heavy (non-hydrogen) atoms. The van der Waals surface area contributed by atoms with Crippen LogP contribution in [-0.2, 0) is 18.4 Å². The first-order valence-electron chi connectivity index (χ1n) is 6.60. The lowest BCUT2D eigenvalue weighted by molar-refractivity contribution is -0.132. The lowest BCUT2D eigenvalue weighted by atomic mass is 10.1. The largest absolute Gasteiger partial charge is 0.388 e. The molecular formula is C15H18FN3O2. The van der Waals surface area contributed by atoms with E-state index < -0.39 is 11.9 Å². The number of benzene rings is 1. The summed E-state index contributed by atoms with van der Waals surface area (Å²) in [7, 11) is 3.46. The van der Waals surface area contributed by atoms with Gasteiger partial charge in [-0.3, -0.25) is 9.48 Å². The molecule has 0 saturated heterocycles. The number of carbonyl (C=O) groups is 1. The molecule has 1 aromatic carbocycles. The van der Waals surface area contributed by atoms with Crippen LogP contribution in [0.3, 0.4) is 0 Å². The Balaban J connectivity index is 1.94. The van der Waals surface area contributed by atoms with Gasteiger partial charge in [0.05, 0.1) is 18.7 Å². The number of hydrogen-bond acceptors (Lipinski definition) is 3. The number of amides is 1. The molecule has 2 aromatic rings. The zero-order valence-electron chi connectivity index (χ0n) is 12.0. The smallest absolute Gasteiger partial charge is 0.225 e. The molecule has 0 aliphatic heterocycles. The number of aliphatic hydroxyl groups is 1. The standard InChI is InChI=1S/C15H18FN3O2/c1-18(9-11-8-17-19(2)10-11)15(21)7-14(20)12-4-3-5-13(16)6-12/h3-6,8,10,14,20H,7,9H2,1-2H3. The van der Waals surface area contributed by atoms with Crippen molar-refractivity contribution in [2.45, 2.75) is 19.1 Å². The molecule has 0 aliphatic rings. The van der Waals surface area contributed by atoms with Gasteiger partial charge < -0.3 is 10.0 Å². The highest BCUT2D eigenvalue weighted by Gasteiger charge is 2.17. The number of halogens is 1. The van der Waals surface area contributed by atoms with E-state index in [1.54, 1.807) is 31.0 Å². The molecule has 1 atom stereocenters. The van der Waals surface area contributed by atoms with Gasteiger partial charge in [0.25, 0.3) is 0 Å². The Morgan fingerprint density at radius 3 is 2.90 bits per heavy atom. The van der Waals surface area contributed by atoms with Gasteiger partial charge in [-0.25, -0.2) is 4.39 Å². The quantitative estimate of drug-likeness (QED) is 0.911. The Hall–Kier alpha value is -2.21. The first-order chi connectivity index (χ1) is 9.95. The van der Waals surface area contributed by atoms with E-state index in [0.717, 1.165) is 5.56 Å². The molecule has 1 unspecified atom stereocenters. The van der Waals surface area contributed by atoms with Crippen molar-refractivity contribution < 1.29 is 14.3 Å². The third-order valence-electron chi connectivity index (χ3n) is 3.21. The summed E-state index contributed by atoms with van der Waals surface area (Å²) in [6.07, 6.45) is 2.42. The molecule has 5 nitrogen and oxygen atoms in total. The number of aromatic nitrogens is 2. The van der Waals surface area contributed by atoms with Crippen molar-refractivity contribution in [3.05, 3.63) is 53.6 Å². The van der Waals surface area contributed by atoms with E-state index in [-0.39, 0.29) is 12.3 Å². The fourth-order valence-corrected chi connectivity index (χ4v) is 2.07. The monoisotopic (exact) mass is 291 g/mol. The Morgan fingerprint density at radius 2 is 2.29 bits per heavy atom. The zero-order chi connectivity index (χ0) is 15.4. The number of rotatable bonds is 5. The van der Waals surface area contributed by atoms with Gasteiger partial charge in [0, 0.05) is 32.4 Å². The molecule has 1 aromatic heterocycles. The lowest BCUT2D eigenvalue weighted by Gasteiger charge is -2.18. The van der Waals surface area contributed by atoms with E-state index in [1.807, 2.05) is 6.20 Å². The maximum Gasteiger partial charge on any atom is 0.225 e. The topological polar surface area (TPSA) is 58.4 Å². The molecule has 0 saturated carbocycles. The molecule has 0 spiro atoms. The summed E-state index contributed by atoms with van der Waals surface area (Å²) in [5.74, 6) is -0.640. The molecule has 0 bridgehead atoms. The summed E-state index contributed by atoms with van der Waals surface area (Å²) in [5, 5.41) is 14.0. The van der Waals surface area contributed by atoms with Crippen molar-refractivity contribution in [2.75, 3.05) is 7.05 Å². The van der Waals surface area contributed by atoms with Gasteiger partial charge in [0.2, 0.25) is 5.91 Å². The van der Waals surface area contributed by atoms with Crippen LogP contribution in [0.15, 0.2) is 36.7 Å². The van der Waals surface area contributed by atoms with Gasteiger partial charge in [-0.1, -0.05) is 12.1 Å². The van der Waals surface area contributed by atoms with Crippen LogP contribution in [0, 0.1) is 5.82 Å². The summed E-state index contributed by atoms with van der Waals surface area (Å²) in [6.45, 7) is 0.419. The summed E-state index contributed by atoms with van der Waals surface area (Å²) in [6, 6.07) is 5.64. The first kappa shape index (κ1) is 15.2. The van der Waals surface area contributed by atoms with Crippen LogP contribution < -0.4 is 0 Å². The highest BCUT2D eigenvalue weighted by molar-refractivity contribution is 5.76. The van der Waals surface area contributed by atoms with Crippen molar-refractivity contribution in [1.29, 1.82) is 0 Å². The highest BCUT2D eigenvalue weighted by atomic mass is 19.1. The molecule has 1 amide bonds. The fourth-order valence-electron chi connectivity index (χ4n) is 2.07. The Kier molecular flexibility index (Phi) is 4.70. The van der Waals surface area contributed by atoms with Crippen molar-refractivity contribution in [3.63, 3.8) is 0 Å². The Labute approximate surface area is 122 Å². The second kappa shape index (κ2) is 6.49. The van der Waals surface area contributed by atoms with Crippen molar-refractivity contribution in [1.82, 2.24) is 14.7 Å². The van der Waals surface area contributed by atoms with Crippen LogP contribution >= 0.6 is 0 Å². The number of nitrogens with zero attached hydrogens (tertiary/aromatic N) is 3. The first-order valence-corrected chi connectivity index (χ1v) is 6.60. The molecule has 2 rings (SSSR count). The van der Waals surface area contributed by atoms with Gasteiger partial charge in [0.15, 0.2) is 0 Å². The number of aryl methyl sites for hydroxylation is 1. The van der Waals surface area contributed by atoms with Crippen LogP contribution in [0.2, 0.25) is 0 Å². The molecule has 1 N–H and O–H groups in total. The minimum absolute atomic E-state index is 0.0831. The van der Waals surface area contributed by atoms with Crippen LogP contribution in [0.4, 0.5) is 4.39 Å². The third-order valence-corrected chi connectivity index (χ3v) is 3.21. The predicted molar refractivity (Wildman–Crippen MR) is 75.7 cm³/mol. The summed E-state index contributed by atoms with van der Waals surface area (Å²) in [4.78, 5) is 13.6. The van der Waals surface area contributed by atoms with E-state index >= 15 is 0 Å². The van der Waals surface area contributed by atoms with Gasteiger partial charge >= 0.3 is 0 Å². The van der Waals surface area contributed by atoms with Crippen LogP contribution in [-0.4, -0.2) is 32.7 Å². The van der Waals surface area contributed by atoms with E-state index in [9.17, 15) is 14.3 Å². The Bertz CT molecular complexity index is 627. The predicted octanol–water partition coefficient (Wildman–Crippen LogP) is 1.64. The molecule has 112 valence electrons. The fraction of sp³-hybridized carbons (Fsp3) is 0.333. The zero-order valence-corrected chi connectivity index (χ0v) is 12.0. The summed E-state index contributed by atoms with van der Waals surface area (Å²) in [5.41, 5.74) is 1.31. The van der Waals surface area contributed by atoms with Gasteiger partial charge in [-0.2, -0.15) is 5.10 Å². The molecule has 0 fully saturated rings. The molecule has 0 radical (unpaired) electrons. The average Bonchev–Trinajstić information content (AvgIpc) is 2.84. The van der Waals surface area contributed by atoms with Crippen LogP contribution in [0.1, 0.15) is 23.7 Å². The molecule has 6 heteroatoms. The van der Waals surface area contributed by atoms with E-state index in [1.165, 1.54) is 23.1 Å². The van der Waals surface area contributed by atoms with Gasteiger partial charge in [-0.05, 0) is 17.7 Å². The van der Waals surface area contributed by atoms with E-state index in [2.05, 4.69) is 5.10 Å². The molecule has 0 aliphatic carbocycles. The third kappa shape index (κ3) is 4.13. The van der Waals surface area contributed by atoms with Crippen molar-refractivity contribution >= 4 is 5.91 Å². The average molecular weight is 291 g/mol. The molecule has 1 heterocycles. The van der Waals surface area contributed by atoms with Crippen LogP contribution in [0.25, 0.3) is 0 Å². The van der Waals surface area contributed by atoms with Gasteiger partial charge in [-0.15, -0.1) is 0 Å². The van der Waals surface area contributed by atoms with E-state index in [0.29, 0.717) is 12.1 Å². The Morgan fingerprint density at radius 1 is 1.52 bits per heavy atom. The van der Waals surface area contributed by atoms with Crippen molar-refractivity contribution in [2.24, 2.45) is 7.05 Å². The second-order valence-electron chi connectivity index (χ2n) is 5.05. The SMILES string of the molecule is CN(Cc1cnn(C)c1)C(=O)CC(O)c1cccc(F)c1. The summed E-state index contributed by atoms with van der Waals surface area (Å²) >= 11 is 0. The van der Waals surface area contributed by atoms with E-state index in [4.69, 9.17) is 0 Å². The normalized spacial score (nSPS) is 12.2. The maximum absolute atomic E-state index is 13.1. The number of hydrogen-bond donors (Lipinski definition) is 1. The second-order valence-corrected chi connectivity index (χ2v) is 5.05. The number of carbonyl (C=O) groups excluding carboxylic acids is 1. The van der Waals surface area contributed by atoms with Crippen LogP contribution in [0.5, 0.6) is 0 Å². The lowest BCUT2D eigenvalue weighted by Crippen LogP contribution is -2.27. The van der Waals surface area contributed by atoms with Gasteiger partial charge in [0.1, 0.15) is 5.82 Å². The summed E-state index contributed by atoms with van der Waals surface area (Å²) < 4.78 is 14.8. The molecular weight excluding hydrogens is 273 g/mol. The number of aliphatic hydroxyl groups excluding tert-OH is 1.